The van der Waals surface area contributed by atoms with Gasteiger partial charge in [-0.25, -0.2) is 0 Å². The van der Waals surface area contributed by atoms with Crippen molar-refractivity contribution in [1.29, 1.82) is 0 Å². The first kappa shape index (κ1) is 14.5. The van der Waals surface area contributed by atoms with Gasteiger partial charge in [0.05, 0.1) is 18.8 Å². The molecule has 4 nitrogen and oxygen atoms in total. The highest BCUT2D eigenvalue weighted by molar-refractivity contribution is 5.76. The van der Waals surface area contributed by atoms with E-state index in [1.165, 1.54) is 0 Å². The quantitative estimate of drug-likeness (QED) is 0.875. The van der Waals surface area contributed by atoms with Crippen LogP contribution in [0.25, 0.3) is 0 Å². The SMILES string of the molecule is CCOC1CC(CC(=O)N[C@@H]2CO[C@H]2c2ccccc2)C1. The lowest BCUT2D eigenvalue weighted by molar-refractivity contribution is -0.135. The molecule has 114 valence electrons. The van der Waals surface area contributed by atoms with Gasteiger partial charge in [-0.15, -0.1) is 0 Å². The van der Waals surface area contributed by atoms with Gasteiger partial charge in [-0.3, -0.25) is 4.79 Å². The summed E-state index contributed by atoms with van der Waals surface area (Å²) in [5.74, 6) is 0.627. The van der Waals surface area contributed by atoms with Crippen molar-refractivity contribution in [3.05, 3.63) is 35.9 Å². The molecule has 2 atom stereocenters. The molecule has 1 heterocycles. The Hall–Kier alpha value is -1.39. The molecule has 0 bridgehead atoms. The van der Waals surface area contributed by atoms with Gasteiger partial charge >= 0.3 is 0 Å². The molecule has 1 aromatic carbocycles. The van der Waals surface area contributed by atoms with Crippen LogP contribution >= 0.6 is 0 Å². The summed E-state index contributed by atoms with van der Waals surface area (Å²) in [6, 6.07) is 10.2. The first-order valence-electron chi connectivity index (χ1n) is 7.83. The van der Waals surface area contributed by atoms with Crippen LogP contribution in [0.3, 0.4) is 0 Å². The van der Waals surface area contributed by atoms with Crippen molar-refractivity contribution < 1.29 is 14.3 Å². The summed E-state index contributed by atoms with van der Waals surface area (Å²) in [5.41, 5.74) is 1.13. The van der Waals surface area contributed by atoms with Crippen molar-refractivity contribution in [2.24, 2.45) is 5.92 Å². The molecule has 1 aliphatic carbocycles. The fourth-order valence-corrected chi connectivity index (χ4v) is 3.12. The molecule has 2 fully saturated rings. The lowest BCUT2D eigenvalue weighted by Crippen LogP contribution is -2.51. The van der Waals surface area contributed by atoms with Crippen LogP contribution < -0.4 is 5.32 Å². The molecular weight excluding hydrogens is 266 g/mol. The standard InChI is InChI=1S/C17H23NO3/c1-2-20-14-8-12(9-14)10-16(19)18-15-11-21-17(15)13-6-4-3-5-7-13/h3-7,12,14-15,17H,2,8-11H2,1H3,(H,18,19)/t12?,14?,15-,17+/m1/s1. The second kappa shape index (κ2) is 6.58. The number of ether oxygens (including phenoxy) is 2. The van der Waals surface area contributed by atoms with Crippen LogP contribution in [0.4, 0.5) is 0 Å². The van der Waals surface area contributed by atoms with E-state index in [1.54, 1.807) is 0 Å². The molecule has 0 spiro atoms. The number of amides is 1. The van der Waals surface area contributed by atoms with E-state index < -0.39 is 0 Å². The molecular formula is C17H23NO3. The largest absolute Gasteiger partial charge is 0.378 e. The van der Waals surface area contributed by atoms with Gasteiger partial charge in [0.1, 0.15) is 6.10 Å². The number of carbonyl (C=O) groups is 1. The minimum Gasteiger partial charge on any atom is -0.378 e. The highest BCUT2D eigenvalue weighted by atomic mass is 16.5. The molecule has 1 aromatic rings. The first-order valence-corrected chi connectivity index (χ1v) is 7.83. The van der Waals surface area contributed by atoms with Crippen molar-refractivity contribution in [3.8, 4) is 0 Å². The van der Waals surface area contributed by atoms with E-state index in [1.807, 2.05) is 37.3 Å². The molecule has 1 saturated carbocycles. The second-order valence-electron chi connectivity index (χ2n) is 5.96. The predicted octanol–water partition coefficient (Wildman–Crippen LogP) is 2.45. The van der Waals surface area contributed by atoms with Crippen molar-refractivity contribution in [2.45, 2.75) is 44.4 Å². The minimum absolute atomic E-state index is 0.00714. The van der Waals surface area contributed by atoms with E-state index in [-0.39, 0.29) is 18.1 Å². The van der Waals surface area contributed by atoms with E-state index in [9.17, 15) is 4.79 Å². The Morgan fingerprint density at radius 2 is 2.10 bits per heavy atom. The van der Waals surface area contributed by atoms with Crippen molar-refractivity contribution >= 4 is 5.91 Å². The van der Waals surface area contributed by atoms with E-state index >= 15 is 0 Å². The fraction of sp³-hybridized carbons (Fsp3) is 0.588. The van der Waals surface area contributed by atoms with Crippen LogP contribution in [0.5, 0.6) is 0 Å². The molecule has 2 aliphatic rings. The van der Waals surface area contributed by atoms with Crippen LogP contribution in [-0.4, -0.2) is 31.3 Å². The smallest absolute Gasteiger partial charge is 0.220 e. The molecule has 1 N–H and O–H groups in total. The molecule has 0 radical (unpaired) electrons. The molecule has 1 saturated heterocycles. The highest BCUT2D eigenvalue weighted by Crippen LogP contribution is 2.33. The maximum absolute atomic E-state index is 12.1. The summed E-state index contributed by atoms with van der Waals surface area (Å²) in [6.45, 7) is 3.39. The zero-order valence-electron chi connectivity index (χ0n) is 12.5. The van der Waals surface area contributed by atoms with Gasteiger partial charge in [-0.1, -0.05) is 30.3 Å². The zero-order valence-corrected chi connectivity index (χ0v) is 12.5. The third-order valence-electron chi connectivity index (χ3n) is 4.36. The van der Waals surface area contributed by atoms with Crippen molar-refractivity contribution in [2.75, 3.05) is 13.2 Å². The average Bonchev–Trinajstić information content (AvgIpc) is 2.43. The highest BCUT2D eigenvalue weighted by Gasteiger charge is 2.36. The Labute approximate surface area is 125 Å². The third kappa shape index (κ3) is 3.44. The van der Waals surface area contributed by atoms with Gasteiger partial charge in [-0.05, 0) is 31.2 Å². The Bertz CT molecular complexity index is 470. The van der Waals surface area contributed by atoms with Crippen LogP contribution in [0.2, 0.25) is 0 Å². The Balaban J connectivity index is 1.42. The summed E-state index contributed by atoms with van der Waals surface area (Å²) in [6.07, 6.45) is 3.03. The van der Waals surface area contributed by atoms with E-state index in [4.69, 9.17) is 9.47 Å². The molecule has 1 aliphatic heterocycles. The lowest BCUT2D eigenvalue weighted by atomic mass is 9.79. The number of carbonyl (C=O) groups excluding carboxylic acids is 1. The normalized spacial score (nSPS) is 31.1. The summed E-state index contributed by atoms with van der Waals surface area (Å²) in [7, 11) is 0. The molecule has 3 rings (SSSR count). The topological polar surface area (TPSA) is 47.6 Å². The number of nitrogens with one attached hydrogen (secondary N) is 1. The van der Waals surface area contributed by atoms with Gasteiger partial charge in [0.25, 0.3) is 0 Å². The summed E-state index contributed by atoms with van der Waals surface area (Å²) in [4.78, 5) is 12.1. The molecule has 1 amide bonds. The van der Waals surface area contributed by atoms with Crippen molar-refractivity contribution in [3.63, 3.8) is 0 Å². The minimum atomic E-state index is 0.00714. The van der Waals surface area contributed by atoms with Crippen LogP contribution in [0.15, 0.2) is 30.3 Å². The predicted molar refractivity (Wildman–Crippen MR) is 79.8 cm³/mol. The van der Waals surface area contributed by atoms with Crippen LogP contribution in [0, 0.1) is 5.92 Å². The van der Waals surface area contributed by atoms with Gasteiger partial charge in [0.15, 0.2) is 0 Å². The molecule has 4 heteroatoms. The summed E-state index contributed by atoms with van der Waals surface area (Å²) < 4.78 is 11.1. The van der Waals surface area contributed by atoms with Crippen LogP contribution in [-0.2, 0) is 14.3 Å². The monoisotopic (exact) mass is 289 g/mol. The van der Waals surface area contributed by atoms with Gasteiger partial charge in [0.2, 0.25) is 5.91 Å². The maximum atomic E-state index is 12.1. The molecule has 21 heavy (non-hydrogen) atoms. The van der Waals surface area contributed by atoms with Gasteiger partial charge in [-0.2, -0.15) is 0 Å². The molecule has 0 aromatic heterocycles. The van der Waals surface area contributed by atoms with Crippen molar-refractivity contribution in [1.82, 2.24) is 5.32 Å². The number of hydrogen-bond donors (Lipinski definition) is 1. The summed E-state index contributed by atoms with van der Waals surface area (Å²) in [5, 5.41) is 3.11. The number of rotatable bonds is 6. The van der Waals surface area contributed by atoms with E-state index in [0.717, 1.165) is 25.0 Å². The lowest BCUT2D eigenvalue weighted by Gasteiger charge is -2.39. The Morgan fingerprint density at radius 1 is 1.33 bits per heavy atom. The maximum Gasteiger partial charge on any atom is 0.220 e. The van der Waals surface area contributed by atoms with Gasteiger partial charge < -0.3 is 14.8 Å². The summed E-state index contributed by atoms with van der Waals surface area (Å²) >= 11 is 0. The first-order chi connectivity index (χ1) is 10.3. The van der Waals surface area contributed by atoms with Crippen LogP contribution in [0.1, 0.15) is 37.9 Å². The Morgan fingerprint density at radius 3 is 2.71 bits per heavy atom. The third-order valence-corrected chi connectivity index (χ3v) is 4.36. The second-order valence-corrected chi connectivity index (χ2v) is 5.96. The number of benzene rings is 1. The van der Waals surface area contributed by atoms with Gasteiger partial charge in [0, 0.05) is 13.0 Å². The molecule has 0 unspecified atom stereocenters. The average molecular weight is 289 g/mol. The fourth-order valence-electron chi connectivity index (χ4n) is 3.12. The Kier molecular flexibility index (Phi) is 4.56. The van der Waals surface area contributed by atoms with E-state index in [2.05, 4.69) is 5.32 Å². The number of hydrogen-bond acceptors (Lipinski definition) is 3. The zero-order chi connectivity index (χ0) is 14.7. The van der Waals surface area contributed by atoms with E-state index in [0.29, 0.717) is 25.0 Å².